The lowest BCUT2D eigenvalue weighted by Gasteiger charge is -2.12. The molecule has 2 rings (SSSR count). The molecule has 1 fully saturated rings. The third-order valence-corrected chi connectivity index (χ3v) is 2.90. The Kier molecular flexibility index (Phi) is 4.83. The molecule has 0 spiro atoms. The van der Waals surface area contributed by atoms with Crippen molar-refractivity contribution in [2.24, 2.45) is 0 Å². The standard InChI is InChI=1S/C15H18N2O3/c1-2-19-14-9-11(10-16)3-6-13(14)20-8-7-15(18)17-12-4-5-12/h3,6,9,12H,2,4-5,7-8H2,1H3,(H,17,18). The number of carbonyl (C=O) groups is 1. The molecule has 0 unspecified atom stereocenters. The monoisotopic (exact) mass is 274 g/mol. The minimum absolute atomic E-state index is 0.0131. The van der Waals surface area contributed by atoms with Gasteiger partial charge in [0, 0.05) is 12.1 Å². The maximum atomic E-state index is 11.5. The van der Waals surface area contributed by atoms with E-state index in [2.05, 4.69) is 11.4 Å². The minimum Gasteiger partial charge on any atom is -0.490 e. The zero-order chi connectivity index (χ0) is 14.4. The molecule has 0 atom stereocenters. The van der Waals surface area contributed by atoms with Crippen molar-refractivity contribution in [2.75, 3.05) is 13.2 Å². The SMILES string of the molecule is CCOc1cc(C#N)ccc1OCCC(=O)NC1CC1. The lowest BCUT2D eigenvalue weighted by Crippen LogP contribution is -2.26. The molecule has 0 aliphatic heterocycles. The molecule has 0 bridgehead atoms. The van der Waals surface area contributed by atoms with Gasteiger partial charge in [0.05, 0.1) is 31.3 Å². The molecule has 1 aromatic carbocycles. The van der Waals surface area contributed by atoms with Gasteiger partial charge < -0.3 is 14.8 Å². The first-order chi connectivity index (χ1) is 9.72. The summed E-state index contributed by atoms with van der Waals surface area (Å²) < 4.78 is 11.0. The number of ether oxygens (including phenoxy) is 2. The molecule has 1 amide bonds. The summed E-state index contributed by atoms with van der Waals surface area (Å²) in [5, 5.41) is 11.8. The number of carbonyl (C=O) groups excluding carboxylic acids is 1. The van der Waals surface area contributed by atoms with E-state index in [1.165, 1.54) is 0 Å². The zero-order valence-electron chi connectivity index (χ0n) is 11.5. The number of nitrogens with one attached hydrogen (secondary N) is 1. The number of nitriles is 1. The summed E-state index contributed by atoms with van der Waals surface area (Å²) in [6, 6.07) is 7.44. The number of rotatable bonds is 7. The lowest BCUT2D eigenvalue weighted by molar-refractivity contribution is -0.121. The van der Waals surface area contributed by atoms with Gasteiger partial charge in [0.15, 0.2) is 11.5 Å². The van der Waals surface area contributed by atoms with E-state index in [9.17, 15) is 4.79 Å². The molecular weight excluding hydrogens is 256 g/mol. The molecule has 0 saturated heterocycles. The van der Waals surface area contributed by atoms with Gasteiger partial charge in [0.1, 0.15) is 0 Å². The van der Waals surface area contributed by atoms with Crippen LogP contribution in [0.5, 0.6) is 11.5 Å². The van der Waals surface area contributed by atoms with Crippen LogP contribution in [0, 0.1) is 11.3 Å². The fourth-order valence-corrected chi connectivity index (χ4v) is 1.75. The van der Waals surface area contributed by atoms with Gasteiger partial charge in [0.2, 0.25) is 5.91 Å². The molecule has 5 nitrogen and oxygen atoms in total. The topological polar surface area (TPSA) is 71.3 Å². The molecule has 1 saturated carbocycles. The van der Waals surface area contributed by atoms with Crippen LogP contribution < -0.4 is 14.8 Å². The van der Waals surface area contributed by atoms with Crippen molar-refractivity contribution in [3.05, 3.63) is 23.8 Å². The third kappa shape index (κ3) is 4.16. The van der Waals surface area contributed by atoms with E-state index in [1.54, 1.807) is 18.2 Å². The summed E-state index contributed by atoms with van der Waals surface area (Å²) in [5.74, 6) is 1.11. The van der Waals surface area contributed by atoms with Gasteiger partial charge in [-0.15, -0.1) is 0 Å². The quantitative estimate of drug-likeness (QED) is 0.825. The second kappa shape index (κ2) is 6.80. The van der Waals surface area contributed by atoms with Crippen molar-refractivity contribution in [2.45, 2.75) is 32.2 Å². The van der Waals surface area contributed by atoms with E-state index in [-0.39, 0.29) is 5.91 Å². The summed E-state index contributed by atoms with van der Waals surface area (Å²) in [7, 11) is 0. The van der Waals surface area contributed by atoms with Gasteiger partial charge in [-0.3, -0.25) is 4.79 Å². The van der Waals surface area contributed by atoms with Crippen molar-refractivity contribution in [3.8, 4) is 17.6 Å². The van der Waals surface area contributed by atoms with Crippen molar-refractivity contribution < 1.29 is 14.3 Å². The molecule has 1 aliphatic carbocycles. The van der Waals surface area contributed by atoms with Crippen molar-refractivity contribution in [1.82, 2.24) is 5.32 Å². The Morgan fingerprint density at radius 1 is 1.40 bits per heavy atom. The van der Waals surface area contributed by atoms with Crippen LogP contribution in [0.4, 0.5) is 0 Å². The van der Waals surface area contributed by atoms with Gasteiger partial charge in [0.25, 0.3) is 0 Å². The summed E-state index contributed by atoms with van der Waals surface area (Å²) in [6.07, 6.45) is 2.48. The Morgan fingerprint density at radius 3 is 2.85 bits per heavy atom. The molecule has 0 aromatic heterocycles. The molecule has 5 heteroatoms. The van der Waals surface area contributed by atoms with Gasteiger partial charge in [-0.1, -0.05) is 0 Å². The Labute approximate surface area is 118 Å². The van der Waals surface area contributed by atoms with E-state index in [4.69, 9.17) is 14.7 Å². The fourth-order valence-electron chi connectivity index (χ4n) is 1.75. The maximum absolute atomic E-state index is 11.5. The van der Waals surface area contributed by atoms with E-state index < -0.39 is 0 Å². The summed E-state index contributed by atoms with van der Waals surface area (Å²) in [6.45, 7) is 2.66. The normalized spacial score (nSPS) is 13.4. The molecule has 20 heavy (non-hydrogen) atoms. The van der Waals surface area contributed by atoms with E-state index >= 15 is 0 Å². The maximum Gasteiger partial charge on any atom is 0.223 e. The Hall–Kier alpha value is -2.22. The van der Waals surface area contributed by atoms with Crippen LogP contribution in [0.25, 0.3) is 0 Å². The molecule has 0 radical (unpaired) electrons. The van der Waals surface area contributed by atoms with Crippen LogP contribution in [0.15, 0.2) is 18.2 Å². The number of benzene rings is 1. The zero-order valence-corrected chi connectivity index (χ0v) is 11.5. The van der Waals surface area contributed by atoms with Crippen molar-refractivity contribution in [3.63, 3.8) is 0 Å². The van der Waals surface area contributed by atoms with E-state index in [0.29, 0.717) is 42.7 Å². The highest BCUT2D eigenvalue weighted by atomic mass is 16.5. The number of amides is 1. The highest BCUT2D eigenvalue weighted by Gasteiger charge is 2.22. The molecular formula is C15H18N2O3. The van der Waals surface area contributed by atoms with E-state index in [0.717, 1.165) is 12.8 Å². The summed E-state index contributed by atoms with van der Waals surface area (Å²) in [4.78, 5) is 11.5. The molecule has 1 N–H and O–H groups in total. The summed E-state index contributed by atoms with van der Waals surface area (Å²) in [5.41, 5.74) is 0.521. The number of hydrogen-bond donors (Lipinski definition) is 1. The van der Waals surface area contributed by atoms with Crippen LogP contribution >= 0.6 is 0 Å². The minimum atomic E-state index is 0.0131. The highest BCUT2D eigenvalue weighted by Crippen LogP contribution is 2.28. The third-order valence-electron chi connectivity index (χ3n) is 2.90. The lowest BCUT2D eigenvalue weighted by atomic mass is 10.2. The first-order valence-corrected chi connectivity index (χ1v) is 6.82. The average molecular weight is 274 g/mol. The van der Waals surface area contributed by atoms with Crippen LogP contribution in [0.2, 0.25) is 0 Å². The number of hydrogen-bond acceptors (Lipinski definition) is 4. The predicted molar refractivity (Wildman–Crippen MR) is 73.6 cm³/mol. The van der Waals surface area contributed by atoms with Gasteiger partial charge in [-0.25, -0.2) is 0 Å². The van der Waals surface area contributed by atoms with Crippen LogP contribution in [0.1, 0.15) is 31.7 Å². The second-order valence-corrected chi connectivity index (χ2v) is 4.65. The Bertz CT molecular complexity index is 518. The average Bonchev–Trinajstić information content (AvgIpc) is 3.24. The van der Waals surface area contributed by atoms with Crippen molar-refractivity contribution >= 4 is 5.91 Å². The Balaban J connectivity index is 1.87. The first-order valence-electron chi connectivity index (χ1n) is 6.82. The van der Waals surface area contributed by atoms with Crippen LogP contribution in [-0.4, -0.2) is 25.2 Å². The Morgan fingerprint density at radius 2 is 2.20 bits per heavy atom. The smallest absolute Gasteiger partial charge is 0.223 e. The molecule has 1 aliphatic rings. The van der Waals surface area contributed by atoms with Crippen LogP contribution in [-0.2, 0) is 4.79 Å². The van der Waals surface area contributed by atoms with Crippen molar-refractivity contribution in [1.29, 1.82) is 5.26 Å². The highest BCUT2D eigenvalue weighted by molar-refractivity contribution is 5.76. The molecule has 1 aromatic rings. The van der Waals surface area contributed by atoms with Gasteiger partial charge in [-0.2, -0.15) is 5.26 Å². The van der Waals surface area contributed by atoms with Gasteiger partial charge in [-0.05, 0) is 31.9 Å². The molecule has 0 heterocycles. The summed E-state index contributed by atoms with van der Waals surface area (Å²) >= 11 is 0. The number of nitrogens with zero attached hydrogens (tertiary/aromatic N) is 1. The fraction of sp³-hybridized carbons (Fsp3) is 0.467. The molecule has 106 valence electrons. The first kappa shape index (κ1) is 14.2. The van der Waals surface area contributed by atoms with Gasteiger partial charge >= 0.3 is 0 Å². The predicted octanol–water partition coefficient (Wildman–Crippen LogP) is 2.00. The largest absolute Gasteiger partial charge is 0.490 e. The van der Waals surface area contributed by atoms with E-state index in [1.807, 2.05) is 6.92 Å². The van der Waals surface area contributed by atoms with Crippen LogP contribution in [0.3, 0.4) is 0 Å². The second-order valence-electron chi connectivity index (χ2n) is 4.65.